The van der Waals surface area contributed by atoms with Gasteiger partial charge >= 0.3 is 5.97 Å². The van der Waals surface area contributed by atoms with Crippen LogP contribution in [0.2, 0.25) is 0 Å². The molecule has 1 aliphatic heterocycles. The molecule has 3 heterocycles. The Labute approximate surface area is 263 Å². The highest BCUT2D eigenvalue weighted by Crippen LogP contribution is 2.54. The maximum atomic E-state index is 13.3. The number of aromatic nitrogens is 2. The van der Waals surface area contributed by atoms with Gasteiger partial charge in [-0.3, -0.25) is 14.4 Å². The number of hydrogen-bond acceptors (Lipinski definition) is 6. The quantitative estimate of drug-likeness (QED) is 0.164. The van der Waals surface area contributed by atoms with Crippen molar-refractivity contribution >= 4 is 29.3 Å². The van der Waals surface area contributed by atoms with Gasteiger partial charge < -0.3 is 19.4 Å². The largest absolute Gasteiger partial charge is 0.494 e. The van der Waals surface area contributed by atoms with Gasteiger partial charge in [0.05, 0.1) is 24.9 Å². The number of Topliss-reactive ketones (excluding diaryl/α,β-unsaturated/α-hetero) is 2. The number of esters is 1. The minimum atomic E-state index is -0.415. The fourth-order valence-electron chi connectivity index (χ4n) is 8.35. The van der Waals surface area contributed by atoms with Gasteiger partial charge in [-0.2, -0.15) is 0 Å². The molecule has 0 spiro atoms. The van der Waals surface area contributed by atoms with E-state index in [0.29, 0.717) is 46.3 Å². The molecule has 1 aromatic carbocycles. The van der Waals surface area contributed by atoms with Crippen molar-refractivity contribution in [1.29, 1.82) is 0 Å². The van der Waals surface area contributed by atoms with Crippen molar-refractivity contribution in [3.8, 4) is 5.75 Å². The average molecular weight is 606 g/mol. The molecule has 0 amide bonds. The molecule has 232 valence electrons. The molecule has 2 N–H and O–H groups in total. The summed E-state index contributed by atoms with van der Waals surface area (Å²) >= 11 is 0. The van der Waals surface area contributed by atoms with Crippen molar-refractivity contribution in [3.05, 3.63) is 93.4 Å². The number of ketones is 2. The number of H-pyrrole nitrogens is 2. The van der Waals surface area contributed by atoms with E-state index >= 15 is 0 Å². The summed E-state index contributed by atoms with van der Waals surface area (Å²) in [6, 6.07) is 9.89. The van der Waals surface area contributed by atoms with Crippen LogP contribution in [0.5, 0.6) is 5.75 Å². The summed E-state index contributed by atoms with van der Waals surface area (Å²) in [5.41, 5.74) is 7.86. The molecule has 8 heteroatoms. The SMILES string of the molecule is COC1=CC(c2ccc[nH]2)=N/C1=C\c1[nH]c(C)c(C(=O)CCC(=O)Oc2ccc3c(c2)CCC2C3CC[C@@H]3C(=O)CC[C@@H]23)c1C. The standard InChI is InChI=1S/C37H39N3O5/c1-20-30(18-32-35(44-3)19-31(40-32)29-5-4-16-38-29)39-21(2)37(20)34(42)14-15-36(43)45-23-7-9-24-22(17-23)6-8-26-25(24)10-11-28-27(26)12-13-33(28)41/h4-5,7,9,16-19,25-28,38-39H,6,8,10-15H2,1-3H3/b32-18-/t25?,26?,27-,28-/m0/s1. The molecule has 2 fully saturated rings. The number of ether oxygens (including phenoxy) is 2. The Morgan fingerprint density at radius 1 is 1.02 bits per heavy atom. The Bertz CT molecular complexity index is 1770. The Morgan fingerprint density at radius 2 is 1.82 bits per heavy atom. The number of carbonyl (C=O) groups is 3. The molecule has 0 bridgehead atoms. The zero-order chi connectivity index (χ0) is 31.2. The lowest BCUT2D eigenvalue weighted by Crippen LogP contribution is -2.35. The van der Waals surface area contributed by atoms with Crippen molar-refractivity contribution in [2.45, 2.75) is 71.1 Å². The van der Waals surface area contributed by atoms with Crippen LogP contribution in [0.4, 0.5) is 0 Å². The maximum absolute atomic E-state index is 13.3. The highest BCUT2D eigenvalue weighted by molar-refractivity contribution is 6.11. The summed E-state index contributed by atoms with van der Waals surface area (Å²) in [5.74, 6) is 3.04. The van der Waals surface area contributed by atoms with Crippen LogP contribution < -0.4 is 4.74 Å². The fourth-order valence-corrected chi connectivity index (χ4v) is 8.35. The number of nitrogens with zero attached hydrogens (tertiary/aromatic N) is 1. The van der Waals surface area contributed by atoms with Crippen LogP contribution in [-0.2, 0) is 20.7 Å². The van der Waals surface area contributed by atoms with Gasteiger partial charge in [-0.15, -0.1) is 0 Å². The summed E-state index contributed by atoms with van der Waals surface area (Å²) in [7, 11) is 1.61. The van der Waals surface area contributed by atoms with E-state index < -0.39 is 5.97 Å². The van der Waals surface area contributed by atoms with Gasteiger partial charge in [0.2, 0.25) is 0 Å². The molecule has 4 atom stereocenters. The van der Waals surface area contributed by atoms with Crippen molar-refractivity contribution in [3.63, 3.8) is 0 Å². The number of hydrogen-bond donors (Lipinski definition) is 2. The predicted octanol–water partition coefficient (Wildman–Crippen LogP) is 6.94. The molecular weight excluding hydrogens is 566 g/mol. The van der Waals surface area contributed by atoms with Gasteiger partial charge in [0, 0.05) is 48.0 Å². The zero-order valence-corrected chi connectivity index (χ0v) is 26.1. The lowest BCUT2D eigenvalue weighted by atomic mass is 9.61. The van der Waals surface area contributed by atoms with E-state index in [1.54, 1.807) is 7.11 Å². The van der Waals surface area contributed by atoms with Gasteiger partial charge in [0.15, 0.2) is 5.78 Å². The first kappa shape index (κ1) is 29.3. The molecule has 3 aliphatic carbocycles. The van der Waals surface area contributed by atoms with Gasteiger partial charge in [-0.05, 0) is 111 Å². The highest BCUT2D eigenvalue weighted by atomic mass is 16.5. The molecule has 2 aromatic heterocycles. The molecule has 2 saturated carbocycles. The Hall–Kier alpha value is -4.46. The Morgan fingerprint density at radius 3 is 2.62 bits per heavy atom. The third kappa shape index (κ3) is 5.40. The lowest BCUT2D eigenvalue weighted by molar-refractivity contribution is -0.134. The second kappa shape index (κ2) is 11.8. The van der Waals surface area contributed by atoms with E-state index in [2.05, 4.69) is 16.0 Å². The molecule has 0 radical (unpaired) electrons. The van der Waals surface area contributed by atoms with E-state index in [4.69, 9.17) is 14.5 Å². The summed E-state index contributed by atoms with van der Waals surface area (Å²) < 4.78 is 11.3. The summed E-state index contributed by atoms with van der Waals surface area (Å²) in [6.45, 7) is 3.77. The minimum Gasteiger partial charge on any atom is -0.494 e. The van der Waals surface area contributed by atoms with Crippen LogP contribution in [0, 0.1) is 31.6 Å². The van der Waals surface area contributed by atoms with E-state index in [9.17, 15) is 14.4 Å². The van der Waals surface area contributed by atoms with Crippen molar-refractivity contribution in [1.82, 2.24) is 9.97 Å². The predicted molar refractivity (Wildman–Crippen MR) is 171 cm³/mol. The van der Waals surface area contributed by atoms with E-state index in [0.717, 1.165) is 66.9 Å². The van der Waals surface area contributed by atoms with Crippen LogP contribution >= 0.6 is 0 Å². The topological polar surface area (TPSA) is 114 Å². The number of allylic oxidation sites excluding steroid dienone is 1. The first-order chi connectivity index (χ1) is 21.8. The van der Waals surface area contributed by atoms with Gasteiger partial charge in [-0.1, -0.05) is 6.07 Å². The molecule has 2 unspecified atom stereocenters. The van der Waals surface area contributed by atoms with Crippen LogP contribution in [0.15, 0.2) is 59.1 Å². The first-order valence-electron chi connectivity index (χ1n) is 16.1. The van der Waals surface area contributed by atoms with Gasteiger partial charge in [0.25, 0.3) is 0 Å². The third-order valence-electron chi connectivity index (χ3n) is 10.4. The summed E-state index contributed by atoms with van der Waals surface area (Å²) in [6.07, 6.45) is 11.6. The van der Waals surface area contributed by atoms with E-state index in [-0.39, 0.29) is 24.5 Å². The zero-order valence-electron chi connectivity index (χ0n) is 26.1. The molecule has 4 aliphatic rings. The summed E-state index contributed by atoms with van der Waals surface area (Å²) in [4.78, 5) is 49.7. The maximum Gasteiger partial charge on any atom is 0.311 e. The molecule has 3 aromatic rings. The molecule has 0 saturated heterocycles. The van der Waals surface area contributed by atoms with Gasteiger partial charge in [0.1, 0.15) is 23.0 Å². The van der Waals surface area contributed by atoms with Crippen molar-refractivity contribution < 1.29 is 23.9 Å². The third-order valence-corrected chi connectivity index (χ3v) is 10.4. The van der Waals surface area contributed by atoms with E-state index in [1.807, 2.05) is 56.5 Å². The first-order valence-corrected chi connectivity index (χ1v) is 16.1. The monoisotopic (exact) mass is 605 g/mol. The number of rotatable bonds is 8. The number of nitrogens with one attached hydrogen (secondary N) is 2. The Balaban J connectivity index is 0.989. The van der Waals surface area contributed by atoms with E-state index in [1.165, 1.54) is 11.1 Å². The van der Waals surface area contributed by atoms with Crippen molar-refractivity contribution in [2.24, 2.45) is 22.7 Å². The second-order valence-electron chi connectivity index (χ2n) is 12.9. The number of fused-ring (bicyclic) bond motifs is 5. The molecular formula is C37H39N3O5. The van der Waals surface area contributed by atoms with Crippen molar-refractivity contribution in [2.75, 3.05) is 7.11 Å². The smallest absolute Gasteiger partial charge is 0.311 e. The number of methoxy groups -OCH3 is 1. The molecule has 8 nitrogen and oxygen atoms in total. The number of aromatic amines is 2. The average Bonchev–Trinajstić information content (AvgIpc) is 3.83. The molecule has 7 rings (SSSR count). The van der Waals surface area contributed by atoms with Crippen LogP contribution in [-0.4, -0.2) is 40.3 Å². The normalized spacial score (nSPS) is 24.5. The molecule has 45 heavy (non-hydrogen) atoms. The second-order valence-corrected chi connectivity index (χ2v) is 12.9. The number of carbonyl (C=O) groups excluding carboxylic acids is 3. The van der Waals surface area contributed by atoms with Gasteiger partial charge in [-0.25, -0.2) is 4.99 Å². The van der Waals surface area contributed by atoms with Crippen LogP contribution in [0.1, 0.15) is 95.0 Å². The van der Waals surface area contributed by atoms with Crippen LogP contribution in [0.3, 0.4) is 0 Å². The lowest BCUT2D eigenvalue weighted by Gasteiger charge is -2.43. The van der Waals surface area contributed by atoms with Crippen LogP contribution in [0.25, 0.3) is 6.08 Å². The fraction of sp³-hybridized carbons (Fsp3) is 0.405. The summed E-state index contributed by atoms with van der Waals surface area (Å²) in [5, 5.41) is 0. The number of benzene rings is 1. The Kier molecular flexibility index (Phi) is 7.68. The number of aryl methyl sites for hydroxylation is 2. The highest BCUT2D eigenvalue weighted by Gasteiger charge is 2.47. The number of aliphatic imine (C=N–C) groups is 1. The minimum absolute atomic E-state index is 0.00143.